The highest BCUT2D eigenvalue weighted by Gasteiger charge is 2.29. The van der Waals surface area contributed by atoms with Crippen molar-refractivity contribution in [3.8, 4) is 0 Å². The maximum absolute atomic E-state index is 4.97. The van der Waals surface area contributed by atoms with Gasteiger partial charge in [0, 0.05) is 17.3 Å². The lowest BCUT2D eigenvalue weighted by Crippen LogP contribution is -2.19. The molecule has 1 N–H and O–H groups in total. The lowest BCUT2D eigenvalue weighted by molar-refractivity contribution is 0.330. The molecule has 4 heteroatoms. The summed E-state index contributed by atoms with van der Waals surface area (Å²) in [4.78, 5) is 9.03. The first-order valence-electron chi connectivity index (χ1n) is 8.14. The average Bonchev–Trinajstić information content (AvgIpc) is 2.98. The third kappa shape index (κ3) is 3.80. The van der Waals surface area contributed by atoms with Crippen LogP contribution in [0.2, 0.25) is 0 Å². The molecule has 2 fully saturated rings. The predicted octanol–water partition coefficient (Wildman–Crippen LogP) is 3.36. The van der Waals surface area contributed by atoms with Crippen LogP contribution in [0.3, 0.4) is 0 Å². The quantitative estimate of drug-likeness (QED) is 0.835. The van der Waals surface area contributed by atoms with Crippen LogP contribution in [0.5, 0.6) is 0 Å². The van der Waals surface area contributed by atoms with Gasteiger partial charge in [0.15, 0.2) is 0 Å². The van der Waals surface area contributed by atoms with E-state index in [1.807, 2.05) is 11.3 Å². The van der Waals surface area contributed by atoms with Crippen molar-refractivity contribution in [3.05, 3.63) is 15.6 Å². The van der Waals surface area contributed by atoms with E-state index >= 15 is 0 Å². The standard InChI is InChI=1S/C16H27N3S/c1-12(2)9-17-10-14-16(13-5-6-13)18-15(20-14)11-19-7-3-4-8-19/h12-13,17H,3-11H2,1-2H3. The first-order chi connectivity index (χ1) is 9.72. The summed E-state index contributed by atoms with van der Waals surface area (Å²) in [6.45, 7) is 10.2. The summed E-state index contributed by atoms with van der Waals surface area (Å²) in [6, 6.07) is 0. The second kappa shape index (κ2) is 6.54. The number of aromatic nitrogens is 1. The molecule has 0 spiro atoms. The van der Waals surface area contributed by atoms with E-state index in [0.717, 1.165) is 31.5 Å². The number of thiazole rings is 1. The second-order valence-electron chi connectivity index (χ2n) is 6.70. The van der Waals surface area contributed by atoms with Gasteiger partial charge < -0.3 is 5.32 Å². The fourth-order valence-electron chi connectivity index (χ4n) is 2.89. The molecule has 1 aromatic heterocycles. The molecule has 0 unspecified atom stereocenters. The van der Waals surface area contributed by atoms with Gasteiger partial charge in [-0.25, -0.2) is 4.98 Å². The molecule has 112 valence electrons. The molecule has 2 heterocycles. The summed E-state index contributed by atoms with van der Waals surface area (Å²) in [5.74, 6) is 1.49. The second-order valence-corrected chi connectivity index (χ2v) is 7.87. The van der Waals surface area contributed by atoms with Crippen molar-refractivity contribution in [2.45, 2.75) is 58.5 Å². The Kier molecular flexibility index (Phi) is 4.74. The van der Waals surface area contributed by atoms with Crippen LogP contribution in [-0.4, -0.2) is 29.5 Å². The van der Waals surface area contributed by atoms with Gasteiger partial charge in [0.2, 0.25) is 0 Å². The van der Waals surface area contributed by atoms with Crippen molar-refractivity contribution in [3.63, 3.8) is 0 Å². The lowest BCUT2D eigenvalue weighted by Gasteiger charge is -2.11. The van der Waals surface area contributed by atoms with Crippen molar-refractivity contribution < 1.29 is 0 Å². The number of likely N-dealkylation sites (tertiary alicyclic amines) is 1. The summed E-state index contributed by atoms with van der Waals surface area (Å²) >= 11 is 1.95. The first kappa shape index (κ1) is 14.5. The Morgan fingerprint density at radius 3 is 2.70 bits per heavy atom. The summed E-state index contributed by atoms with van der Waals surface area (Å²) in [6.07, 6.45) is 5.43. The highest BCUT2D eigenvalue weighted by molar-refractivity contribution is 7.11. The van der Waals surface area contributed by atoms with Gasteiger partial charge in [0.25, 0.3) is 0 Å². The smallest absolute Gasteiger partial charge is 0.107 e. The monoisotopic (exact) mass is 293 g/mol. The Hall–Kier alpha value is -0.450. The Labute approximate surface area is 126 Å². The van der Waals surface area contributed by atoms with Gasteiger partial charge in [-0.3, -0.25) is 4.90 Å². The maximum atomic E-state index is 4.97. The number of nitrogens with one attached hydrogen (secondary N) is 1. The Bertz CT molecular complexity index is 431. The van der Waals surface area contributed by atoms with Crippen LogP contribution >= 0.6 is 11.3 Å². The van der Waals surface area contributed by atoms with E-state index in [2.05, 4.69) is 24.1 Å². The molecule has 1 saturated heterocycles. The molecule has 20 heavy (non-hydrogen) atoms. The van der Waals surface area contributed by atoms with Crippen molar-refractivity contribution >= 4 is 11.3 Å². The molecule has 1 aliphatic heterocycles. The van der Waals surface area contributed by atoms with Crippen molar-refractivity contribution in [1.82, 2.24) is 15.2 Å². The normalized spacial score (nSPS) is 20.1. The van der Waals surface area contributed by atoms with Crippen molar-refractivity contribution in [2.75, 3.05) is 19.6 Å². The predicted molar refractivity (Wildman–Crippen MR) is 85.1 cm³/mol. The molecule has 0 aromatic carbocycles. The number of rotatable bonds is 7. The Balaban J connectivity index is 1.62. The van der Waals surface area contributed by atoms with Gasteiger partial charge in [0.1, 0.15) is 5.01 Å². The summed E-state index contributed by atoms with van der Waals surface area (Å²) < 4.78 is 0. The third-order valence-corrected chi connectivity index (χ3v) is 5.19. The van der Waals surface area contributed by atoms with Gasteiger partial charge in [0.05, 0.1) is 12.2 Å². The zero-order chi connectivity index (χ0) is 13.9. The molecule has 0 atom stereocenters. The minimum Gasteiger partial charge on any atom is -0.312 e. The number of hydrogen-bond donors (Lipinski definition) is 1. The first-order valence-corrected chi connectivity index (χ1v) is 8.95. The zero-order valence-corrected chi connectivity index (χ0v) is 13.6. The zero-order valence-electron chi connectivity index (χ0n) is 12.8. The van der Waals surface area contributed by atoms with Crippen LogP contribution in [0.1, 0.15) is 61.0 Å². The number of hydrogen-bond acceptors (Lipinski definition) is 4. The third-order valence-electron chi connectivity index (χ3n) is 4.13. The SMILES string of the molecule is CC(C)CNCc1sc(CN2CCCC2)nc1C1CC1. The molecule has 1 aliphatic carbocycles. The highest BCUT2D eigenvalue weighted by Crippen LogP contribution is 2.42. The molecular formula is C16H27N3S. The highest BCUT2D eigenvalue weighted by atomic mass is 32.1. The van der Waals surface area contributed by atoms with Gasteiger partial charge in [-0.15, -0.1) is 11.3 Å². The fraction of sp³-hybridized carbons (Fsp3) is 0.812. The van der Waals surface area contributed by atoms with Crippen LogP contribution in [-0.2, 0) is 13.1 Å². The van der Waals surface area contributed by atoms with Gasteiger partial charge >= 0.3 is 0 Å². The minimum absolute atomic E-state index is 0.719. The molecule has 3 rings (SSSR count). The summed E-state index contributed by atoms with van der Waals surface area (Å²) in [5.41, 5.74) is 1.42. The average molecular weight is 293 g/mol. The molecular weight excluding hydrogens is 266 g/mol. The lowest BCUT2D eigenvalue weighted by atomic mass is 10.2. The van der Waals surface area contributed by atoms with E-state index in [-0.39, 0.29) is 0 Å². The van der Waals surface area contributed by atoms with Crippen molar-refractivity contribution in [2.24, 2.45) is 5.92 Å². The number of nitrogens with zero attached hydrogens (tertiary/aromatic N) is 2. The molecule has 0 bridgehead atoms. The van der Waals surface area contributed by atoms with Crippen LogP contribution < -0.4 is 5.32 Å². The minimum atomic E-state index is 0.719. The van der Waals surface area contributed by atoms with E-state index in [1.165, 1.54) is 54.4 Å². The van der Waals surface area contributed by atoms with Gasteiger partial charge in [-0.2, -0.15) is 0 Å². The fourth-order valence-corrected chi connectivity index (χ4v) is 4.06. The van der Waals surface area contributed by atoms with E-state index in [0.29, 0.717) is 0 Å². The molecule has 1 saturated carbocycles. The van der Waals surface area contributed by atoms with E-state index in [1.54, 1.807) is 0 Å². The maximum Gasteiger partial charge on any atom is 0.107 e. The van der Waals surface area contributed by atoms with Gasteiger partial charge in [-0.1, -0.05) is 13.8 Å². The molecule has 0 radical (unpaired) electrons. The van der Waals surface area contributed by atoms with Crippen LogP contribution in [0.25, 0.3) is 0 Å². The molecule has 0 amide bonds. The Morgan fingerprint density at radius 1 is 1.30 bits per heavy atom. The summed E-state index contributed by atoms with van der Waals surface area (Å²) in [7, 11) is 0. The topological polar surface area (TPSA) is 28.2 Å². The van der Waals surface area contributed by atoms with E-state index in [4.69, 9.17) is 4.98 Å². The summed E-state index contributed by atoms with van der Waals surface area (Å²) in [5, 5.41) is 4.93. The van der Waals surface area contributed by atoms with Gasteiger partial charge in [-0.05, 0) is 51.2 Å². The van der Waals surface area contributed by atoms with Crippen molar-refractivity contribution in [1.29, 1.82) is 0 Å². The van der Waals surface area contributed by atoms with Crippen LogP contribution in [0.4, 0.5) is 0 Å². The molecule has 1 aromatic rings. The molecule has 3 nitrogen and oxygen atoms in total. The van der Waals surface area contributed by atoms with Crippen LogP contribution in [0.15, 0.2) is 0 Å². The van der Waals surface area contributed by atoms with Crippen LogP contribution in [0, 0.1) is 5.92 Å². The largest absolute Gasteiger partial charge is 0.312 e. The Morgan fingerprint density at radius 2 is 2.05 bits per heavy atom. The van der Waals surface area contributed by atoms with E-state index < -0.39 is 0 Å². The molecule has 2 aliphatic rings. The van der Waals surface area contributed by atoms with E-state index in [9.17, 15) is 0 Å².